The number of aromatic nitrogens is 1. The predicted molar refractivity (Wildman–Crippen MR) is 61.0 cm³/mol. The number of amides is 2. The normalized spacial score (nSPS) is 12.2. The van der Waals surface area contributed by atoms with Gasteiger partial charge in [0.2, 0.25) is 11.8 Å². The molecule has 0 bridgehead atoms. The summed E-state index contributed by atoms with van der Waals surface area (Å²) in [4.78, 5) is 22.8. The third-order valence-corrected chi connectivity index (χ3v) is 2.16. The Labute approximate surface area is 98.7 Å². The van der Waals surface area contributed by atoms with E-state index in [1.165, 1.54) is 12.5 Å². The lowest BCUT2D eigenvalue weighted by atomic mass is 10.1. The van der Waals surface area contributed by atoms with Gasteiger partial charge in [0, 0.05) is 0 Å². The molecule has 0 aliphatic carbocycles. The summed E-state index contributed by atoms with van der Waals surface area (Å²) in [7, 11) is 0. The Morgan fingerprint density at radius 3 is 2.76 bits per heavy atom. The Hall–Kier alpha value is -1.89. The number of carbonyl (C=O) groups is 2. The third kappa shape index (κ3) is 4.23. The number of nitrogens with two attached hydrogens (primary N) is 1. The van der Waals surface area contributed by atoms with Gasteiger partial charge in [-0.2, -0.15) is 0 Å². The van der Waals surface area contributed by atoms with E-state index in [-0.39, 0.29) is 24.3 Å². The van der Waals surface area contributed by atoms with Crippen LogP contribution in [0.2, 0.25) is 0 Å². The van der Waals surface area contributed by atoms with Crippen LogP contribution in [-0.4, -0.2) is 29.6 Å². The molecule has 0 aliphatic rings. The molecular weight excluding hydrogens is 224 g/mol. The van der Waals surface area contributed by atoms with E-state index >= 15 is 0 Å². The second-order valence-electron chi connectivity index (χ2n) is 3.95. The van der Waals surface area contributed by atoms with Crippen molar-refractivity contribution in [2.24, 2.45) is 11.7 Å². The summed E-state index contributed by atoms with van der Waals surface area (Å²) in [6, 6.07) is -0.613. The van der Waals surface area contributed by atoms with E-state index in [0.29, 0.717) is 5.69 Å². The molecule has 7 heteroatoms. The summed E-state index contributed by atoms with van der Waals surface area (Å²) in [5.74, 6) is -0.686. The van der Waals surface area contributed by atoms with Crippen LogP contribution in [0.3, 0.4) is 0 Å². The first-order valence-electron chi connectivity index (χ1n) is 5.23. The average molecular weight is 240 g/mol. The molecule has 1 aromatic rings. The summed E-state index contributed by atoms with van der Waals surface area (Å²) in [5, 5.41) is 8.37. The van der Waals surface area contributed by atoms with Gasteiger partial charge in [-0.3, -0.25) is 9.59 Å². The monoisotopic (exact) mass is 240 g/mol. The molecule has 1 atom stereocenters. The van der Waals surface area contributed by atoms with E-state index in [4.69, 9.17) is 5.73 Å². The van der Waals surface area contributed by atoms with Crippen LogP contribution in [0.15, 0.2) is 17.0 Å². The van der Waals surface area contributed by atoms with E-state index < -0.39 is 6.04 Å². The minimum atomic E-state index is -0.613. The van der Waals surface area contributed by atoms with E-state index in [9.17, 15) is 9.59 Å². The summed E-state index contributed by atoms with van der Waals surface area (Å²) in [6.45, 7) is 3.54. The first kappa shape index (κ1) is 13.2. The van der Waals surface area contributed by atoms with Gasteiger partial charge in [-0.15, -0.1) is 0 Å². The van der Waals surface area contributed by atoms with Crippen LogP contribution in [0.5, 0.6) is 0 Å². The number of nitrogens with zero attached hydrogens (tertiary/aromatic N) is 1. The van der Waals surface area contributed by atoms with Crippen molar-refractivity contribution in [1.29, 1.82) is 0 Å². The molecule has 1 aromatic heterocycles. The summed E-state index contributed by atoms with van der Waals surface area (Å²) in [5.41, 5.74) is 6.06. The average Bonchev–Trinajstić information content (AvgIpc) is 2.77. The molecule has 4 N–H and O–H groups in total. The quantitative estimate of drug-likeness (QED) is 0.655. The van der Waals surface area contributed by atoms with Crippen molar-refractivity contribution < 1.29 is 14.1 Å². The van der Waals surface area contributed by atoms with Gasteiger partial charge in [0.05, 0.1) is 18.8 Å². The predicted octanol–water partition coefficient (Wildman–Crippen LogP) is -0.287. The molecule has 17 heavy (non-hydrogen) atoms. The molecule has 0 unspecified atom stereocenters. The van der Waals surface area contributed by atoms with Gasteiger partial charge in [0.25, 0.3) is 0 Å². The molecule has 2 amide bonds. The molecule has 0 aromatic carbocycles. The smallest absolute Gasteiger partial charge is 0.243 e. The second kappa shape index (κ2) is 6.00. The van der Waals surface area contributed by atoms with Crippen molar-refractivity contribution in [3.63, 3.8) is 0 Å². The summed E-state index contributed by atoms with van der Waals surface area (Å²) >= 11 is 0. The lowest BCUT2D eigenvalue weighted by Gasteiger charge is -2.14. The van der Waals surface area contributed by atoms with E-state index in [1.54, 1.807) is 0 Å². The largest absolute Gasteiger partial charge is 0.363 e. The molecular formula is C10H16N4O3. The number of hydrogen-bond acceptors (Lipinski definition) is 5. The highest BCUT2D eigenvalue weighted by Gasteiger charge is 2.17. The first-order valence-corrected chi connectivity index (χ1v) is 5.23. The second-order valence-corrected chi connectivity index (χ2v) is 3.95. The van der Waals surface area contributed by atoms with E-state index in [1.807, 2.05) is 13.8 Å². The summed E-state index contributed by atoms with van der Waals surface area (Å²) < 4.78 is 4.54. The van der Waals surface area contributed by atoms with Crippen LogP contribution >= 0.6 is 0 Å². The maximum Gasteiger partial charge on any atom is 0.243 e. The van der Waals surface area contributed by atoms with Gasteiger partial charge >= 0.3 is 0 Å². The van der Waals surface area contributed by atoms with Crippen LogP contribution in [0, 0.1) is 5.92 Å². The lowest BCUT2D eigenvalue weighted by molar-refractivity contribution is -0.125. The van der Waals surface area contributed by atoms with Gasteiger partial charge in [-0.1, -0.05) is 19.0 Å². The highest BCUT2D eigenvalue weighted by atomic mass is 16.5. The fourth-order valence-corrected chi connectivity index (χ4v) is 1.06. The summed E-state index contributed by atoms with van der Waals surface area (Å²) in [6.07, 6.45) is 2.65. The minimum absolute atomic E-state index is 0.0242. The minimum Gasteiger partial charge on any atom is -0.363 e. The van der Waals surface area contributed by atoms with Crippen molar-refractivity contribution in [1.82, 2.24) is 10.5 Å². The maximum atomic E-state index is 11.4. The fraction of sp³-hybridized carbons (Fsp3) is 0.500. The van der Waals surface area contributed by atoms with Crippen molar-refractivity contribution >= 4 is 17.5 Å². The van der Waals surface area contributed by atoms with Crippen LogP contribution in [0.25, 0.3) is 0 Å². The fourth-order valence-electron chi connectivity index (χ4n) is 1.06. The zero-order valence-corrected chi connectivity index (χ0v) is 9.77. The number of hydrogen-bond donors (Lipinski definition) is 3. The molecule has 7 nitrogen and oxygen atoms in total. The van der Waals surface area contributed by atoms with E-state index in [2.05, 4.69) is 20.3 Å². The number of anilines is 1. The standard InChI is InChI=1S/C10H16N4O3/c1-6(2)9(11)10(16)12-4-8(15)14-7-3-13-17-5-7/h3,5-6,9H,4,11H2,1-2H3,(H,12,16)(H,14,15)/t9-/m0/s1. The van der Waals surface area contributed by atoms with Crippen LogP contribution < -0.4 is 16.4 Å². The molecule has 1 heterocycles. The Morgan fingerprint density at radius 2 is 2.24 bits per heavy atom. The van der Waals surface area contributed by atoms with Crippen LogP contribution in [0.1, 0.15) is 13.8 Å². The Kier molecular flexibility index (Phi) is 4.65. The number of rotatable bonds is 5. The van der Waals surface area contributed by atoms with Crippen LogP contribution in [0.4, 0.5) is 5.69 Å². The molecule has 0 saturated carbocycles. The van der Waals surface area contributed by atoms with Gasteiger partial charge in [-0.25, -0.2) is 0 Å². The first-order chi connectivity index (χ1) is 8.00. The van der Waals surface area contributed by atoms with Crippen molar-refractivity contribution in [3.8, 4) is 0 Å². The Morgan fingerprint density at radius 1 is 1.53 bits per heavy atom. The van der Waals surface area contributed by atoms with Gasteiger partial charge in [0.1, 0.15) is 12.0 Å². The van der Waals surface area contributed by atoms with Crippen LogP contribution in [-0.2, 0) is 9.59 Å². The van der Waals surface area contributed by atoms with Crippen molar-refractivity contribution in [2.75, 3.05) is 11.9 Å². The van der Waals surface area contributed by atoms with E-state index in [0.717, 1.165) is 0 Å². The third-order valence-electron chi connectivity index (χ3n) is 2.16. The molecule has 0 saturated heterocycles. The van der Waals surface area contributed by atoms with Crippen molar-refractivity contribution in [3.05, 3.63) is 12.5 Å². The molecule has 1 rings (SSSR count). The SMILES string of the molecule is CC(C)[C@H](N)C(=O)NCC(=O)Nc1cnoc1. The number of carbonyl (C=O) groups excluding carboxylic acids is 2. The molecule has 0 spiro atoms. The highest BCUT2D eigenvalue weighted by Crippen LogP contribution is 2.02. The van der Waals surface area contributed by atoms with Gasteiger partial charge in [-0.05, 0) is 5.92 Å². The molecule has 0 radical (unpaired) electrons. The molecule has 94 valence electrons. The molecule has 0 fully saturated rings. The maximum absolute atomic E-state index is 11.4. The zero-order valence-electron chi connectivity index (χ0n) is 9.77. The highest BCUT2D eigenvalue weighted by molar-refractivity contribution is 5.94. The van der Waals surface area contributed by atoms with Crippen molar-refractivity contribution in [2.45, 2.75) is 19.9 Å². The van der Waals surface area contributed by atoms with Gasteiger partial charge in [0.15, 0.2) is 0 Å². The zero-order chi connectivity index (χ0) is 12.8. The number of nitrogens with one attached hydrogen (secondary N) is 2. The lowest BCUT2D eigenvalue weighted by Crippen LogP contribution is -2.46. The van der Waals surface area contributed by atoms with Gasteiger partial charge < -0.3 is 20.9 Å². The molecule has 0 aliphatic heterocycles. The topological polar surface area (TPSA) is 110 Å². The Bertz CT molecular complexity index is 375. The Balaban J connectivity index is 2.31.